The van der Waals surface area contributed by atoms with Gasteiger partial charge >= 0.3 is 0 Å². The first-order chi connectivity index (χ1) is 11.3. The number of morpholine rings is 1. The van der Waals surface area contributed by atoms with Crippen molar-refractivity contribution >= 4 is 41.3 Å². The maximum absolute atomic E-state index is 6.03. The normalized spacial score (nSPS) is 15.2. The zero-order valence-corrected chi connectivity index (χ0v) is 16.7. The number of benzene rings is 1. The fourth-order valence-corrected chi connectivity index (χ4v) is 3.28. The number of aryl methyl sites for hydroxylation is 2. The maximum atomic E-state index is 6.03. The minimum atomic E-state index is 0. The van der Waals surface area contributed by atoms with Gasteiger partial charge in [0, 0.05) is 24.9 Å². The van der Waals surface area contributed by atoms with Gasteiger partial charge in [-0.3, -0.25) is 0 Å². The molecule has 2 aromatic rings. The molecule has 1 aliphatic heterocycles. The van der Waals surface area contributed by atoms with Crippen LogP contribution in [0.1, 0.15) is 16.3 Å². The van der Waals surface area contributed by atoms with E-state index < -0.39 is 0 Å². The molecule has 1 saturated heterocycles. The molecule has 2 heterocycles. The number of rotatable bonds is 5. The predicted molar refractivity (Wildman–Crippen MR) is 109 cm³/mol. The first-order valence-electron chi connectivity index (χ1n) is 7.91. The maximum Gasteiger partial charge on any atom is 0.191 e. The number of aliphatic imine (C=N–C) groups is 1. The Hall–Kier alpha value is -1.19. The number of halogens is 1. The molecule has 0 spiro atoms. The second-order valence-corrected chi connectivity index (χ2v) is 6.43. The van der Waals surface area contributed by atoms with Gasteiger partial charge < -0.3 is 15.4 Å². The first-order valence-corrected chi connectivity index (χ1v) is 8.79. The number of thiazole rings is 1. The molecule has 0 radical (unpaired) electrons. The number of nitrogens with two attached hydrogens (primary N) is 1. The van der Waals surface area contributed by atoms with Gasteiger partial charge in [-0.1, -0.05) is 30.3 Å². The highest BCUT2D eigenvalue weighted by Gasteiger charge is 2.12. The lowest BCUT2D eigenvalue weighted by molar-refractivity contribution is 0.0674. The van der Waals surface area contributed by atoms with Crippen LogP contribution in [0.5, 0.6) is 0 Å². The van der Waals surface area contributed by atoms with E-state index in [1.807, 2.05) is 6.07 Å². The zero-order valence-electron chi connectivity index (χ0n) is 13.6. The Morgan fingerprint density at radius 3 is 2.71 bits per heavy atom. The van der Waals surface area contributed by atoms with Crippen LogP contribution in [0.25, 0.3) is 0 Å². The van der Waals surface area contributed by atoms with Crippen molar-refractivity contribution < 1.29 is 4.74 Å². The average Bonchev–Trinajstić information content (AvgIpc) is 3.07. The molecular weight excluding hydrogens is 435 g/mol. The summed E-state index contributed by atoms with van der Waals surface area (Å²) in [7, 11) is 0. The summed E-state index contributed by atoms with van der Waals surface area (Å²) in [6.45, 7) is 3.61. The Bertz CT molecular complexity index is 641. The molecule has 0 atom stereocenters. The molecule has 0 amide bonds. The Morgan fingerprint density at radius 2 is 1.96 bits per heavy atom. The van der Waals surface area contributed by atoms with E-state index in [1.54, 1.807) is 11.3 Å². The van der Waals surface area contributed by atoms with Crippen molar-refractivity contribution in [3.63, 3.8) is 0 Å². The van der Waals surface area contributed by atoms with Gasteiger partial charge in [-0.2, -0.15) is 0 Å². The van der Waals surface area contributed by atoms with Crippen LogP contribution >= 0.6 is 35.3 Å². The van der Waals surface area contributed by atoms with Crippen LogP contribution in [0.4, 0.5) is 0 Å². The van der Waals surface area contributed by atoms with Gasteiger partial charge in [0.1, 0.15) is 0 Å². The molecule has 0 aliphatic carbocycles. The van der Waals surface area contributed by atoms with E-state index in [0.29, 0.717) is 12.5 Å². The van der Waals surface area contributed by atoms with E-state index in [1.165, 1.54) is 5.56 Å². The number of hydrogen-bond acceptors (Lipinski definition) is 4. The topological polar surface area (TPSA) is 63.7 Å². The number of ether oxygens (including phenoxy) is 1. The SMILES string of the molecule is I.NC(=NCc1csc(CCc2ccccc2)n1)N1CCOCC1. The lowest BCUT2D eigenvalue weighted by Gasteiger charge is -2.27. The van der Waals surface area contributed by atoms with Crippen molar-refractivity contribution in [2.24, 2.45) is 10.7 Å². The number of hydrogen-bond donors (Lipinski definition) is 1. The molecule has 1 aliphatic rings. The highest BCUT2D eigenvalue weighted by atomic mass is 127. The number of aromatic nitrogens is 1. The Labute approximate surface area is 164 Å². The molecule has 130 valence electrons. The van der Waals surface area contributed by atoms with E-state index >= 15 is 0 Å². The lowest BCUT2D eigenvalue weighted by atomic mass is 10.1. The Kier molecular flexibility index (Phi) is 7.93. The fraction of sp³-hybridized carbons (Fsp3) is 0.412. The zero-order chi connectivity index (χ0) is 15.9. The Balaban J connectivity index is 0.00000208. The summed E-state index contributed by atoms with van der Waals surface area (Å²) in [5.41, 5.74) is 8.37. The van der Waals surface area contributed by atoms with Crippen molar-refractivity contribution in [3.05, 3.63) is 52.0 Å². The van der Waals surface area contributed by atoms with Crippen LogP contribution in [0.3, 0.4) is 0 Å². The first kappa shape index (κ1) is 19.1. The van der Waals surface area contributed by atoms with Crippen molar-refractivity contribution in [2.45, 2.75) is 19.4 Å². The predicted octanol–water partition coefficient (Wildman–Crippen LogP) is 2.69. The highest BCUT2D eigenvalue weighted by Crippen LogP contribution is 2.14. The summed E-state index contributed by atoms with van der Waals surface area (Å²) in [6, 6.07) is 10.5. The molecule has 24 heavy (non-hydrogen) atoms. The molecule has 0 saturated carbocycles. The third-order valence-electron chi connectivity index (χ3n) is 3.81. The molecule has 2 N–H and O–H groups in total. The van der Waals surface area contributed by atoms with E-state index in [-0.39, 0.29) is 24.0 Å². The number of nitrogens with zero attached hydrogens (tertiary/aromatic N) is 3. The van der Waals surface area contributed by atoms with Crippen molar-refractivity contribution in [2.75, 3.05) is 26.3 Å². The molecule has 3 rings (SSSR count). The minimum absolute atomic E-state index is 0. The molecular formula is C17H23IN4OS. The molecule has 0 bridgehead atoms. The van der Waals surface area contributed by atoms with Gasteiger partial charge in [-0.05, 0) is 12.0 Å². The summed E-state index contributed by atoms with van der Waals surface area (Å²) in [4.78, 5) is 11.2. The summed E-state index contributed by atoms with van der Waals surface area (Å²) in [5, 5.41) is 3.24. The summed E-state index contributed by atoms with van der Waals surface area (Å²) < 4.78 is 5.32. The van der Waals surface area contributed by atoms with Gasteiger partial charge in [0.2, 0.25) is 0 Å². The summed E-state index contributed by atoms with van der Waals surface area (Å²) in [6.07, 6.45) is 1.99. The molecule has 1 fully saturated rings. The molecule has 5 nitrogen and oxygen atoms in total. The van der Waals surface area contributed by atoms with E-state index in [4.69, 9.17) is 10.5 Å². The number of guanidine groups is 1. The van der Waals surface area contributed by atoms with Gasteiger partial charge in [0.05, 0.1) is 30.5 Å². The quantitative estimate of drug-likeness (QED) is 0.425. The summed E-state index contributed by atoms with van der Waals surface area (Å²) in [5.74, 6) is 0.590. The van der Waals surface area contributed by atoms with Crippen LogP contribution < -0.4 is 5.73 Å². The monoisotopic (exact) mass is 458 g/mol. The van der Waals surface area contributed by atoms with Crippen LogP contribution in [0.15, 0.2) is 40.7 Å². The van der Waals surface area contributed by atoms with Crippen LogP contribution in [0, 0.1) is 0 Å². The van der Waals surface area contributed by atoms with Crippen molar-refractivity contribution in [3.8, 4) is 0 Å². The van der Waals surface area contributed by atoms with Gasteiger partial charge in [0.25, 0.3) is 0 Å². The van der Waals surface area contributed by atoms with E-state index in [9.17, 15) is 0 Å². The molecule has 1 aromatic heterocycles. The van der Waals surface area contributed by atoms with Crippen molar-refractivity contribution in [1.29, 1.82) is 0 Å². The minimum Gasteiger partial charge on any atom is -0.378 e. The lowest BCUT2D eigenvalue weighted by Crippen LogP contribution is -2.44. The van der Waals surface area contributed by atoms with E-state index in [0.717, 1.165) is 49.8 Å². The average molecular weight is 458 g/mol. The van der Waals surface area contributed by atoms with Crippen molar-refractivity contribution in [1.82, 2.24) is 9.88 Å². The third kappa shape index (κ3) is 5.71. The smallest absolute Gasteiger partial charge is 0.191 e. The Morgan fingerprint density at radius 1 is 1.21 bits per heavy atom. The van der Waals surface area contributed by atoms with Crippen LogP contribution in [0.2, 0.25) is 0 Å². The van der Waals surface area contributed by atoms with Gasteiger partial charge in [-0.15, -0.1) is 35.3 Å². The summed E-state index contributed by atoms with van der Waals surface area (Å²) >= 11 is 1.70. The fourth-order valence-electron chi connectivity index (χ4n) is 2.49. The standard InChI is InChI=1S/C17H22N4OS.HI/c18-17(21-8-10-22-11-9-21)19-12-15-13-23-16(20-15)7-6-14-4-2-1-3-5-14;/h1-5,13H,6-12H2,(H2,18,19);1H. The third-order valence-corrected chi connectivity index (χ3v) is 4.77. The molecule has 1 aromatic carbocycles. The molecule has 7 heteroatoms. The highest BCUT2D eigenvalue weighted by molar-refractivity contribution is 14.0. The largest absolute Gasteiger partial charge is 0.378 e. The second-order valence-electron chi connectivity index (χ2n) is 5.49. The van der Waals surface area contributed by atoms with Gasteiger partial charge in [0.15, 0.2) is 5.96 Å². The van der Waals surface area contributed by atoms with E-state index in [2.05, 4.69) is 44.5 Å². The van der Waals surface area contributed by atoms with Crippen LogP contribution in [-0.2, 0) is 24.1 Å². The molecule has 0 unspecified atom stereocenters. The van der Waals surface area contributed by atoms with Gasteiger partial charge in [-0.25, -0.2) is 9.98 Å². The second kappa shape index (κ2) is 9.95. The van der Waals surface area contributed by atoms with Crippen LogP contribution in [-0.4, -0.2) is 42.1 Å².